The van der Waals surface area contributed by atoms with Gasteiger partial charge in [0.25, 0.3) is 0 Å². The number of hydrogen-bond donors (Lipinski definition) is 1. The Morgan fingerprint density at radius 3 is 2.89 bits per heavy atom. The Morgan fingerprint density at radius 1 is 1.21 bits per heavy atom. The zero-order valence-corrected chi connectivity index (χ0v) is 23.7. The summed E-state index contributed by atoms with van der Waals surface area (Å²) in [4.78, 5) is 11.9. The average molecular weight is 523 g/mol. The average Bonchev–Trinajstić information content (AvgIpc) is 3.60. The minimum Gasteiger partial charge on any atom is -0.464 e. The Bertz CT molecular complexity index is 1130. The highest BCUT2D eigenvalue weighted by Crippen LogP contribution is 2.66. The van der Waals surface area contributed by atoms with Crippen molar-refractivity contribution in [3.8, 4) is 0 Å². The minimum atomic E-state index is -0.403. The van der Waals surface area contributed by atoms with Gasteiger partial charge in [0.15, 0.2) is 5.69 Å². The molecule has 10 atom stereocenters. The first-order valence-corrected chi connectivity index (χ1v) is 15.4. The Balaban J connectivity index is 1.10. The molecule has 0 amide bonds. The molecule has 208 valence electrons. The molecule has 0 aromatic carbocycles. The molecule has 4 aliphatic carbocycles. The summed E-state index contributed by atoms with van der Waals surface area (Å²) in [6, 6.07) is 0.881. The van der Waals surface area contributed by atoms with E-state index in [1.54, 1.807) is 11.8 Å². The molecule has 0 unspecified atom stereocenters. The van der Waals surface area contributed by atoms with Gasteiger partial charge in [-0.15, -0.1) is 5.10 Å². The Hall–Kier alpha value is -1.73. The zero-order valence-electron chi connectivity index (χ0n) is 23.7. The summed E-state index contributed by atoms with van der Waals surface area (Å²) in [7, 11) is 1.40. The van der Waals surface area contributed by atoms with Crippen LogP contribution in [0.15, 0.2) is 17.3 Å². The van der Waals surface area contributed by atoms with Crippen molar-refractivity contribution in [2.45, 2.75) is 115 Å². The van der Waals surface area contributed by atoms with Crippen molar-refractivity contribution in [2.75, 3.05) is 13.7 Å². The van der Waals surface area contributed by atoms with E-state index in [1.165, 1.54) is 58.5 Å². The first-order valence-electron chi connectivity index (χ1n) is 15.4. The second kappa shape index (κ2) is 9.15. The first kappa shape index (κ1) is 25.3. The summed E-state index contributed by atoms with van der Waals surface area (Å²) in [6.45, 7) is 8.70. The van der Waals surface area contributed by atoms with Gasteiger partial charge in [-0.05, 0) is 113 Å². The first-order chi connectivity index (χ1) is 18.3. The number of nitrogens with zero attached hydrogens (tertiary/aromatic N) is 3. The van der Waals surface area contributed by atoms with Gasteiger partial charge < -0.3 is 14.8 Å². The van der Waals surface area contributed by atoms with Gasteiger partial charge in [0.05, 0.1) is 31.1 Å². The number of carbonyl (C=O) groups is 1. The molecule has 5 fully saturated rings. The van der Waals surface area contributed by atoms with Crippen LogP contribution < -0.4 is 5.32 Å². The van der Waals surface area contributed by atoms with Crippen LogP contribution in [0, 0.1) is 35.0 Å². The molecule has 3 saturated carbocycles. The molecule has 1 spiro atoms. The van der Waals surface area contributed by atoms with Gasteiger partial charge in [-0.3, -0.25) is 0 Å². The maximum absolute atomic E-state index is 11.9. The van der Waals surface area contributed by atoms with E-state index in [0.29, 0.717) is 35.2 Å². The van der Waals surface area contributed by atoms with E-state index in [-0.39, 0.29) is 5.60 Å². The van der Waals surface area contributed by atoms with Crippen molar-refractivity contribution in [1.29, 1.82) is 0 Å². The third-order valence-corrected chi connectivity index (χ3v) is 12.6. The van der Waals surface area contributed by atoms with E-state index in [0.717, 1.165) is 49.5 Å². The lowest BCUT2D eigenvalue weighted by Crippen LogP contribution is -2.47. The van der Waals surface area contributed by atoms with Crippen LogP contribution >= 0.6 is 0 Å². The Labute approximate surface area is 227 Å². The smallest absolute Gasteiger partial charge is 0.360 e. The van der Waals surface area contributed by atoms with Crippen molar-refractivity contribution in [3.05, 3.63) is 23.0 Å². The van der Waals surface area contributed by atoms with Crippen molar-refractivity contribution < 1.29 is 14.3 Å². The van der Waals surface area contributed by atoms with Gasteiger partial charge >= 0.3 is 5.97 Å². The number of aromatic nitrogens is 3. The summed E-state index contributed by atoms with van der Waals surface area (Å²) in [5.74, 6) is 3.31. The lowest BCUT2D eigenvalue weighted by atomic mass is 9.52. The Morgan fingerprint density at radius 2 is 2.08 bits per heavy atom. The highest BCUT2D eigenvalue weighted by atomic mass is 16.5. The molecule has 2 saturated heterocycles. The predicted octanol–water partition coefficient (Wildman–Crippen LogP) is 5.48. The number of hydrogen-bond acceptors (Lipinski definition) is 6. The van der Waals surface area contributed by atoms with Gasteiger partial charge in [-0.2, -0.15) is 0 Å². The van der Waals surface area contributed by atoms with E-state index in [4.69, 9.17) is 9.47 Å². The number of fused-ring (bicyclic) bond motifs is 6. The number of allylic oxidation sites excluding steroid dienone is 1. The van der Waals surface area contributed by atoms with Crippen LogP contribution in [-0.4, -0.2) is 52.4 Å². The fraction of sp³-hybridized carbons (Fsp3) is 0.839. The topological polar surface area (TPSA) is 78.3 Å². The monoisotopic (exact) mass is 522 g/mol. The van der Waals surface area contributed by atoms with Crippen molar-refractivity contribution in [2.24, 2.45) is 35.0 Å². The van der Waals surface area contributed by atoms with Crippen LogP contribution in [0.4, 0.5) is 0 Å². The number of rotatable bonds is 2. The molecule has 1 aromatic rings. The molecule has 0 radical (unpaired) electrons. The van der Waals surface area contributed by atoms with E-state index in [9.17, 15) is 4.79 Å². The predicted molar refractivity (Wildman–Crippen MR) is 145 cm³/mol. The molecule has 38 heavy (non-hydrogen) atoms. The molecule has 0 bridgehead atoms. The Kier molecular flexibility index (Phi) is 6.08. The number of piperidine rings is 1. The van der Waals surface area contributed by atoms with Crippen LogP contribution in [0.1, 0.15) is 108 Å². The van der Waals surface area contributed by atoms with Crippen molar-refractivity contribution >= 4 is 5.97 Å². The lowest BCUT2D eigenvalue weighted by molar-refractivity contribution is -0.0720. The van der Waals surface area contributed by atoms with Crippen LogP contribution in [0.5, 0.6) is 0 Å². The quantitative estimate of drug-likeness (QED) is 0.409. The van der Waals surface area contributed by atoms with E-state index in [2.05, 4.69) is 36.4 Å². The number of nitrogens with one attached hydrogen (secondary N) is 1. The minimum absolute atomic E-state index is 0.0452. The largest absolute Gasteiger partial charge is 0.464 e. The molecular weight excluding hydrogens is 476 g/mol. The normalized spacial score (nSPS) is 46.2. The van der Waals surface area contributed by atoms with Gasteiger partial charge in [-0.25, -0.2) is 9.48 Å². The summed E-state index contributed by atoms with van der Waals surface area (Å²) in [5.41, 5.74) is 4.25. The van der Waals surface area contributed by atoms with Gasteiger partial charge in [0, 0.05) is 12.0 Å². The van der Waals surface area contributed by atoms with Gasteiger partial charge in [-0.1, -0.05) is 30.2 Å². The summed E-state index contributed by atoms with van der Waals surface area (Å²) in [6.07, 6.45) is 15.9. The maximum Gasteiger partial charge on any atom is 0.360 e. The van der Waals surface area contributed by atoms with E-state index in [1.807, 2.05) is 10.3 Å². The maximum atomic E-state index is 11.9. The second-order valence-electron chi connectivity index (χ2n) is 14.0. The summed E-state index contributed by atoms with van der Waals surface area (Å²) < 4.78 is 13.8. The fourth-order valence-electron chi connectivity index (χ4n) is 10.5. The van der Waals surface area contributed by atoms with Crippen LogP contribution in [0.2, 0.25) is 0 Å². The highest BCUT2D eigenvalue weighted by molar-refractivity contribution is 5.86. The number of ether oxygens (including phenoxy) is 2. The summed E-state index contributed by atoms with van der Waals surface area (Å²) in [5, 5.41) is 12.2. The molecule has 7 nitrogen and oxygen atoms in total. The number of esters is 1. The lowest BCUT2D eigenvalue weighted by Gasteiger charge is -2.54. The SMILES string of the molecule is COC(=O)c1cn([C@H]2CC[C@@]3(C)[C@H](CC[C@H]4[C@@H]5CC[C@@]6(CC(C)=C5C[C@@H]43)O[C@@H]3CCCN[C@H]3[C@H]6C)C2)nn1. The zero-order chi connectivity index (χ0) is 26.2. The third kappa shape index (κ3) is 3.70. The van der Waals surface area contributed by atoms with Crippen LogP contribution in [0.25, 0.3) is 0 Å². The fourth-order valence-corrected chi connectivity index (χ4v) is 10.5. The number of carbonyl (C=O) groups excluding carboxylic acids is 1. The third-order valence-electron chi connectivity index (χ3n) is 12.6. The summed E-state index contributed by atoms with van der Waals surface area (Å²) >= 11 is 0. The highest BCUT2D eigenvalue weighted by Gasteiger charge is 2.59. The van der Waals surface area contributed by atoms with Crippen LogP contribution in [-0.2, 0) is 9.47 Å². The molecule has 7 rings (SSSR count). The van der Waals surface area contributed by atoms with Crippen LogP contribution in [0.3, 0.4) is 0 Å². The molecular formula is C31H46N4O3. The molecule has 3 heterocycles. The van der Waals surface area contributed by atoms with Crippen molar-refractivity contribution in [1.82, 2.24) is 20.3 Å². The van der Waals surface area contributed by atoms with Gasteiger partial charge in [0.1, 0.15) is 0 Å². The van der Waals surface area contributed by atoms with Crippen molar-refractivity contribution in [3.63, 3.8) is 0 Å². The molecule has 1 aromatic heterocycles. The molecule has 6 aliphatic rings. The van der Waals surface area contributed by atoms with E-state index < -0.39 is 5.97 Å². The number of methoxy groups -OCH3 is 1. The molecule has 7 heteroatoms. The van der Waals surface area contributed by atoms with E-state index >= 15 is 0 Å². The molecule has 1 N–H and O–H groups in total. The second-order valence-corrected chi connectivity index (χ2v) is 14.0. The molecule has 2 aliphatic heterocycles. The standard InChI is InChI=1S/C31H46N4O3/c1-18-16-31(19(2)28-27(38-31)6-5-13-32-28)12-10-22-23-8-7-20-14-21(35-17-26(33-34-35)29(36)37-4)9-11-30(20,3)25(23)15-24(18)22/h17,19-23,25,27-28,32H,5-16H2,1-4H3/t19-,20-,21+,22+,23+,25+,27-,28+,30+,31+/m1/s1. The van der Waals surface area contributed by atoms with Gasteiger partial charge in [0.2, 0.25) is 0 Å².